The van der Waals surface area contributed by atoms with Crippen LogP contribution >= 0.6 is 12.2 Å². The Morgan fingerprint density at radius 3 is 2.42 bits per heavy atom. The molecule has 98 valence electrons. The van der Waals surface area contributed by atoms with Gasteiger partial charge in [0.2, 0.25) is 0 Å². The molecule has 0 aliphatic carbocycles. The molecule has 1 aromatic carbocycles. The minimum Gasteiger partial charge on any atom is -0.332 e. The molecule has 0 radical (unpaired) electrons. The van der Waals surface area contributed by atoms with Gasteiger partial charge in [0.25, 0.3) is 0 Å². The number of benzene rings is 1. The van der Waals surface area contributed by atoms with Gasteiger partial charge in [0.05, 0.1) is 0 Å². The highest BCUT2D eigenvalue weighted by molar-refractivity contribution is 7.80. The Bertz CT molecular complexity index is 578. The zero-order valence-corrected chi connectivity index (χ0v) is 11.4. The highest BCUT2D eigenvalue weighted by Gasteiger charge is 2.02. The van der Waals surface area contributed by atoms with Crippen molar-refractivity contribution >= 4 is 28.8 Å². The van der Waals surface area contributed by atoms with Gasteiger partial charge in [0, 0.05) is 17.4 Å². The van der Waals surface area contributed by atoms with Crippen LogP contribution in [0.3, 0.4) is 0 Å². The number of nitrogens with zero attached hydrogens (tertiary/aromatic N) is 2. The molecular weight excluding hydrogens is 263 g/mol. The Labute approximate surface area is 116 Å². The summed E-state index contributed by atoms with van der Waals surface area (Å²) in [7, 11) is 0. The van der Waals surface area contributed by atoms with Gasteiger partial charge in [-0.3, -0.25) is 0 Å². The second-order valence-corrected chi connectivity index (χ2v) is 4.44. The number of aromatic nitrogens is 2. The van der Waals surface area contributed by atoms with Gasteiger partial charge < -0.3 is 10.6 Å². The second-order valence-electron chi connectivity index (χ2n) is 4.03. The topological polar surface area (TPSA) is 49.8 Å². The molecule has 0 spiro atoms. The van der Waals surface area contributed by atoms with E-state index < -0.39 is 0 Å². The third-order valence-corrected chi connectivity index (χ3v) is 2.51. The van der Waals surface area contributed by atoms with Crippen LogP contribution in [0.2, 0.25) is 0 Å². The minimum absolute atomic E-state index is 0.286. The molecule has 0 atom stereocenters. The summed E-state index contributed by atoms with van der Waals surface area (Å²) in [4.78, 5) is 8.40. The van der Waals surface area contributed by atoms with E-state index in [4.69, 9.17) is 12.2 Å². The van der Waals surface area contributed by atoms with E-state index in [0.717, 1.165) is 5.69 Å². The van der Waals surface area contributed by atoms with Crippen molar-refractivity contribution in [2.24, 2.45) is 0 Å². The van der Waals surface area contributed by atoms with E-state index in [-0.39, 0.29) is 5.82 Å². The third kappa shape index (κ3) is 3.96. The van der Waals surface area contributed by atoms with Crippen molar-refractivity contribution in [1.82, 2.24) is 9.97 Å². The molecule has 2 N–H and O–H groups in total. The molecule has 0 unspecified atom stereocenters. The Kier molecular flexibility index (Phi) is 4.01. The maximum atomic E-state index is 12.8. The van der Waals surface area contributed by atoms with Crippen LogP contribution in [0.5, 0.6) is 0 Å². The van der Waals surface area contributed by atoms with Gasteiger partial charge in [-0.1, -0.05) is 0 Å². The van der Waals surface area contributed by atoms with Crippen molar-refractivity contribution < 1.29 is 4.39 Å². The molecule has 0 bridgehead atoms. The highest BCUT2D eigenvalue weighted by atomic mass is 32.1. The number of rotatable bonds is 2. The van der Waals surface area contributed by atoms with Crippen molar-refractivity contribution in [3.63, 3.8) is 0 Å². The van der Waals surface area contributed by atoms with Crippen LogP contribution in [0.15, 0.2) is 30.3 Å². The van der Waals surface area contributed by atoms with Crippen molar-refractivity contribution in [2.45, 2.75) is 13.8 Å². The fourth-order valence-electron chi connectivity index (χ4n) is 1.59. The largest absolute Gasteiger partial charge is 0.332 e. The van der Waals surface area contributed by atoms with Gasteiger partial charge in [-0.05, 0) is 50.3 Å². The average Bonchev–Trinajstić information content (AvgIpc) is 2.30. The molecule has 6 heteroatoms. The molecule has 2 aromatic rings. The van der Waals surface area contributed by atoms with E-state index in [1.807, 2.05) is 13.8 Å². The minimum atomic E-state index is -0.286. The first-order valence-electron chi connectivity index (χ1n) is 5.69. The molecule has 1 aromatic heterocycles. The lowest BCUT2D eigenvalue weighted by atomic mass is 10.3. The number of nitrogens with one attached hydrogen (secondary N) is 2. The van der Waals surface area contributed by atoms with Crippen LogP contribution in [0, 0.1) is 19.7 Å². The maximum absolute atomic E-state index is 12.8. The van der Waals surface area contributed by atoms with Gasteiger partial charge in [-0.2, -0.15) is 0 Å². The molecule has 0 amide bonds. The maximum Gasteiger partial charge on any atom is 0.176 e. The summed E-state index contributed by atoms with van der Waals surface area (Å²) < 4.78 is 12.8. The van der Waals surface area contributed by atoms with Crippen LogP contribution in [0.1, 0.15) is 11.5 Å². The summed E-state index contributed by atoms with van der Waals surface area (Å²) in [6, 6.07) is 7.75. The second kappa shape index (κ2) is 5.71. The summed E-state index contributed by atoms with van der Waals surface area (Å²) in [6.45, 7) is 3.70. The van der Waals surface area contributed by atoms with Crippen molar-refractivity contribution in [3.05, 3.63) is 47.7 Å². The van der Waals surface area contributed by atoms with Gasteiger partial charge in [0.1, 0.15) is 17.5 Å². The van der Waals surface area contributed by atoms with Crippen LogP contribution < -0.4 is 10.6 Å². The third-order valence-electron chi connectivity index (χ3n) is 2.31. The van der Waals surface area contributed by atoms with Crippen LogP contribution in [0.25, 0.3) is 0 Å². The van der Waals surface area contributed by atoms with Gasteiger partial charge >= 0.3 is 0 Å². The molecule has 0 saturated carbocycles. The summed E-state index contributed by atoms with van der Waals surface area (Å²) in [5, 5.41) is 6.30. The lowest BCUT2D eigenvalue weighted by Gasteiger charge is -2.10. The number of hydrogen-bond acceptors (Lipinski definition) is 3. The van der Waals surface area contributed by atoms with Gasteiger partial charge in [-0.25, -0.2) is 14.4 Å². The number of halogens is 1. The molecule has 19 heavy (non-hydrogen) atoms. The zero-order chi connectivity index (χ0) is 13.8. The number of hydrogen-bond donors (Lipinski definition) is 2. The molecule has 0 fully saturated rings. The Balaban J connectivity index is 2.03. The van der Waals surface area contributed by atoms with Crippen LogP contribution in [0.4, 0.5) is 15.9 Å². The van der Waals surface area contributed by atoms with E-state index in [1.165, 1.54) is 12.1 Å². The molecule has 4 nitrogen and oxygen atoms in total. The van der Waals surface area contributed by atoms with E-state index in [0.29, 0.717) is 22.4 Å². The average molecular weight is 276 g/mol. The first-order chi connectivity index (χ1) is 9.02. The van der Waals surface area contributed by atoms with Gasteiger partial charge in [-0.15, -0.1) is 0 Å². The molecule has 0 saturated heterocycles. The predicted molar refractivity (Wildman–Crippen MR) is 77.7 cm³/mol. The van der Waals surface area contributed by atoms with E-state index >= 15 is 0 Å². The lowest BCUT2D eigenvalue weighted by Crippen LogP contribution is -2.20. The SMILES string of the molecule is Cc1cc(NC(=S)Nc2ccc(F)cc2)nc(C)n1. The Morgan fingerprint density at radius 2 is 1.79 bits per heavy atom. The van der Waals surface area contributed by atoms with Crippen molar-refractivity contribution in [3.8, 4) is 0 Å². The summed E-state index contributed by atoms with van der Waals surface area (Å²) >= 11 is 5.16. The molecule has 0 aliphatic rings. The molecule has 2 rings (SSSR count). The zero-order valence-electron chi connectivity index (χ0n) is 10.6. The monoisotopic (exact) mass is 276 g/mol. The number of aryl methyl sites for hydroxylation is 2. The fourth-order valence-corrected chi connectivity index (χ4v) is 1.82. The summed E-state index contributed by atoms with van der Waals surface area (Å²) in [5.74, 6) is 1.02. The quantitative estimate of drug-likeness (QED) is 0.826. The first-order valence-corrected chi connectivity index (χ1v) is 6.09. The number of thiocarbonyl (C=S) groups is 1. The smallest absolute Gasteiger partial charge is 0.176 e. The van der Waals surface area contributed by atoms with E-state index in [2.05, 4.69) is 20.6 Å². The van der Waals surface area contributed by atoms with Gasteiger partial charge in [0.15, 0.2) is 5.11 Å². The first kappa shape index (κ1) is 13.4. The van der Waals surface area contributed by atoms with Crippen LogP contribution in [-0.2, 0) is 0 Å². The van der Waals surface area contributed by atoms with Crippen molar-refractivity contribution in [1.29, 1.82) is 0 Å². The Morgan fingerprint density at radius 1 is 1.11 bits per heavy atom. The molecular formula is C13H13FN4S. The highest BCUT2D eigenvalue weighted by Crippen LogP contribution is 2.10. The predicted octanol–water partition coefficient (Wildman–Crippen LogP) is 3.04. The normalized spacial score (nSPS) is 10.1. The van der Waals surface area contributed by atoms with E-state index in [1.54, 1.807) is 18.2 Å². The van der Waals surface area contributed by atoms with Crippen LogP contribution in [-0.4, -0.2) is 15.1 Å². The Hall–Kier alpha value is -2.08. The number of anilines is 2. The lowest BCUT2D eigenvalue weighted by molar-refractivity contribution is 0.628. The van der Waals surface area contributed by atoms with E-state index in [9.17, 15) is 4.39 Å². The standard InChI is InChI=1S/C13H13FN4S/c1-8-7-12(16-9(2)15-8)18-13(19)17-11-5-3-10(14)4-6-11/h3-7H,1-2H3,(H2,15,16,17,18,19). The fraction of sp³-hybridized carbons (Fsp3) is 0.154. The summed E-state index contributed by atoms with van der Waals surface area (Å²) in [6.07, 6.45) is 0. The summed E-state index contributed by atoms with van der Waals surface area (Å²) in [5.41, 5.74) is 1.57. The molecule has 1 heterocycles. The molecule has 0 aliphatic heterocycles. The van der Waals surface area contributed by atoms with Crippen molar-refractivity contribution in [2.75, 3.05) is 10.6 Å².